The van der Waals surface area contributed by atoms with Gasteiger partial charge in [-0.1, -0.05) is 29.4 Å². The van der Waals surface area contributed by atoms with E-state index in [-0.39, 0.29) is 19.0 Å². The van der Waals surface area contributed by atoms with Gasteiger partial charge in [0.15, 0.2) is 23.0 Å². The van der Waals surface area contributed by atoms with Gasteiger partial charge in [-0.05, 0) is 26.0 Å². The lowest BCUT2D eigenvalue weighted by Crippen LogP contribution is -2.30. The Morgan fingerprint density at radius 3 is 1.95 bits per heavy atom. The molecule has 0 N–H and O–H groups in total. The van der Waals surface area contributed by atoms with Gasteiger partial charge in [0.1, 0.15) is 5.76 Å². The summed E-state index contributed by atoms with van der Waals surface area (Å²) >= 11 is 0. The molecule has 10 nitrogen and oxygen atoms in total. The standard InChI is InChI=1S/C28H32N4O6/c1-18-23(19(2)38-30-18)17-32-16-22(13-29-32)28(33)31(14-20-9-7-11-24(34-3)26(20)36-5)15-21-10-8-12-25(35-4)27(21)37-6/h7-13,16H,14-15,17H2,1-6H3. The molecule has 0 saturated heterocycles. The molecule has 0 atom stereocenters. The minimum atomic E-state index is -0.204. The van der Waals surface area contributed by atoms with Crippen LogP contribution in [0.15, 0.2) is 53.3 Å². The number of hydrogen-bond donors (Lipinski definition) is 0. The molecule has 10 heteroatoms. The zero-order chi connectivity index (χ0) is 27.2. The minimum absolute atomic E-state index is 0.204. The average Bonchev–Trinajstić information content (AvgIpc) is 3.54. The fraction of sp³-hybridized carbons (Fsp3) is 0.321. The highest BCUT2D eigenvalue weighted by Gasteiger charge is 2.23. The summed E-state index contributed by atoms with van der Waals surface area (Å²) in [5.41, 5.74) is 3.77. The largest absolute Gasteiger partial charge is 0.493 e. The lowest BCUT2D eigenvalue weighted by Gasteiger charge is -2.25. The van der Waals surface area contributed by atoms with E-state index >= 15 is 0 Å². The van der Waals surface area contributed by atoms with Crippen molar-refractivity contribution in [1.82, 2.24) is 19.8 Å². The molecular weight excluding hydrogens is 488 g/mol. The monoisotopic (exact) mass is 520 g/mol. The Morgan fingerprint density at radius 2 is 1.47 bits per heavy atom. The van der Waals surface area contributed by atoms with Crippen molar-refractivity contribution in [1.29, 1.82) is 0 Å². The number of ether oxygens (including phenoxy) is 4. The maximum absolute atomic E-state index is 13.9. The van der Waals surface area contributed by atoms with Crippen LogP contribution in [0.25, 0.3) is 0 Å². The number of aromatic nitrogens is 3. The van der Waals surface area contributed by atoms with Crippen molar-refractivity contribution in [3.63, 3.8) is 0 Å². The molecule has 0 spiro atoms. The number of nitrogens with zero attached hydrogens (tertiary/aromatic N) is 4. The molecule has 0 aliphatic rings. The van der Waals surface area contributed by atoms with Gasteiger partial charge in [0.25, 0.3) is 5.91 Å². The number of aryl methyl sites for hydroxylation is 2. The van der Waals surface area contributed by atoms with Crippen LogP contribution in [-0.4, -0.2) is 54.2 Å². The van der Waals surface area contributed by atoms with Gasteiger partial charge in [-0.25, -0.2) is 0 Å². The van der Waals surface area contributed by atoms with Gasteiger partial charge in [-0.2, -0.15) is 5.10 Å². The fourth-order valence-electron chi connectivity index (χ4n) is 4.40. The highest BCUT2D eigenvalue weighted by molar-refractivity contribution is 5.93. The second-order valence-corrected chi connectivity index (χ2v) is 8.70. The fourth-order valence-corrected chi connectivity index (χ4v) is 4.40. The maximum Gasteiger partial charge on any atom is 0.257 e. The van der Waals surface area contributed by atoms with Crippen molar-refractivity contribution >= 4 is 5.91 Å². The second-order valence-electron chi connectivity index (χ2n) is 8.70. The summed E-state index contributed by atoms with van der Waals surface area (Å²) in [5.74, 6) is 2.83. The van der Waals surface area contributed by atoms with Crippen LogP contribution in [0.2, 0.25) is 0 Å². The predicted molar refractivity (Wildman–Crippen MR) is 140 cm³/mol. The van der Waals surface area contributed by atoms with Crippen molar-refractivity contribution < 1.29 is 28.3 Å². The molecule has 2 heterocycles. The molecule has 4 rings (SSSR count). The van der Waals surface area contributed by atoms with Crippen LogP contribution in [-0.2, 0) is 19.6 Å². The molecular formula is C28H32N4O6. The van der Waals surface area contributed by atoms with Gasteiger partial charge < -0.3 is 28.4 Å². The van der Waals surface area contributed by atoms with E-state index in [1.807, 2.05) is 50.2 Å². The molecule has 200 valence electrons. The molecule has 2 aromatic heterocycles. The third kappa shape index (κ3) is 5.44. The van der Waals surface area contributed by atoms with E-state index < -0.39 is 0 Å². The highest BCUT2D eigenvalue weighted by atomic mass is 16.5. The third-order valence-electron chi connectivity index (χ3n) is 6.36. The van der Waals surface area contributed by atoms with E-state index in [2.05, 4.69) is 10.3 Å². The Morgan fingerprint density at radius 1 is 0.895 bits per heavy atom. The number of methoxy groups -OCH3 is 4. The van der Waals surface area contributed by atoms with Crippen LogP contribution in [0, 0.1) is 13.8 Å². The van der Waals surface area contributed by atoms with Crippen LogP contribution >= 0.6 is 0 Å². The highest BCUT2D eigenvalue weighted by Crippen LogP contribution is 2.34. The van der Waals surface area contributed by atoms with Gasteiger partial charge >= 0.3 is 0 Å². The Balaban J connectivity index is 1.69. The molecule has 4 aromatic rings. The summed E-state index contributed by atoms with van der Waals surface area (Å²) in [7, 11) is 6.33. The van der Waals surface area contributed by atoms with Crippen LogP contribution in [0.3, 0.4) is 0 Å². The topological polar surface area (TPSA) is 101 Å². The smallest absolute Gasteiger partial charge is 0.257 e. The predicted octanol–water partition coefficient (Wildman–Crippen LogP) is 4.41. The first kappa shape index (κ1) is 26.6. The van der Waals surface area contributed by atoms with E-state index in [9.17, 15) is 4.79 Å². The van der Waals surface area contributed by atoms with Gasteiger partial charge in [0.05, 0.1) is 65.5 Å². The Labute approximate surface area is 221 Å². The molecule has 0 bridgehead atoms. The van der Waals surface area contributed by atoms with E-state index in [1.165, 1.54) is 0 Å². The van der Waals surface area contributed by atoms with Gasteiger partial charge in [-0.15, -0.1) is 0 Å². The van der Waals surface area contributed by atoms with Crippen molar-refractivity contribution in [2.75, 3.05) is 28.4 Å². The van der Waals surface area contributed by atoms with Gasteiger partial charge in [0, 0.05) is 22.9 Å². The number of benzene rings is 2. The molecule has 0 unspecified atom stereocenters. The van der Waals surface area contributed by atoms with Crippen molar-refractivity contribution in [2.24, 2.45) is 0 Å². The number of carbonyl (C=O) groups is 1. The third-order valence-corrected chi connectivity index (χ3v) is 6.36. The summed E-state index contributed by atoms with van der Waals surface area (Å²) in [6.07, 6.45) is 3.30. The number of rotatable bonds is 11. The SMILES string of the molecule is COc1cccc(CN(Cc2cccc(OC)c2OC)C(=O)c2cnn(Cc3c(C)noc3C)c2)c1OC. The first-order valence-corrected chi connectivity index (χ1v) is 12.0. The number of amides is 1. The number of hydrogen-bond acceptors (Lipinski definition) is 8. The summed E-state index contributed by atoms with van der Waals surface area (Å²) in [6, 6.07) is 11.2. The first-order valence-electron chi connectivity index (χ1n) is 12.0. The average molecular weight is 521 g/mol. The van der Waals surface area contributed by atoms with E-state index in [1.54, 1.807) is 50.4 Å². The zero-order valence-electron chi connectivity index (χ0n) is 22.5. The van der Waals surface area contributed by atoms with Crippen LogP contribution < -0.4 is 18.9 Å². The molecule has 0 saturated carbocycles. The molecule has 1 amide bonds. The lowest BCUT2D eigenvalue weighted by molar-refractivity contribution is 0.0727. The quantitative estimate of drug-likeness (QED) is 0.287. The van der Waals surface area contributed by atoms with E-state index in [0.29, 0.717) is 35.1 Å². The van der Waals surface area contributed by atoms with E-state index in [0.717, 1.165) is 28.1 Å². The van der Waals surface area contributed by atoms with Crippen LogP contribution in [0.5, 0.6) is 23.0 Å². The van der Waals surface area contributed by atoms with Gasteiger partial charge in [0.2, 0.25) is 0 Å². The van der Waals surface area contributed by atoms with Crippen LogP contribution in [0.4, 0.5) is 0 Å². The summed E-state index contributed by atoms with van der Waals surface area (Å²) in [6.45, 7) is 4.70. The summed E-state index contributed by atoms with van der Waals surface area (Å²) in [4.78, 5) is 15.6. The molecule has 0 aliphatic carbocycles. The number of para-hydroxylation sites is 2. The van der Waals surface area contributed by atoms with Crippen molar-refractivity contribution in [3.8, 4) is 23.0 Å². The normalized spacial score (nSPS) is 10.8. The summed E-state index contributed by atoms with van der Waals surface area (Å²) < 4.78 is 29.2. The molecule has 0 aliphatic heterocycles. The lowest BCUT2D eigenvalue weighted by atomic mass is 10.1. The molecule has 38 heavy (non-hydrogen) atoms. The Kier molecular flexibility index (Phi) is 8.20. The van der Waals surface area contributed by atoms with Crippen molar-refractivity contribution in [3.05, 3.63) is 82.5 Å². The van der Waals surface area contributed by atoms with Crippen molar-refractivity contribution in [2.45, 2.75) is 33.5 Å². The Bertz CT molecular complexity index is 1330. The van der Waals surface area contributed by atoms with Crippen LogP contribution in [0.1, 0.15) is 38.5 Å². The minimum Gasteiger partial charge on any atom is -0.493 e. The number of carbonyl (C=O) groups excluding carboxylic acids is 1. The van der Waals surface area contributed by atoms with Gasteiger partial charge in [-0.3, -0.25) is 9.48 Å². The molecule has 2 aromatic carbocycles. The second kappa shape index (κ2) is 11.7. The zero-order valence-corrected chi connectivity index (χ0v) is 22.5. The van der Waals surface area contributed by atoms with E-state index in [4.69, 9.17) is 23.5 Å². The molecule has 0 fully saturated rings. The molecule has 0 radical (unpaired) electrons. The Hall–Kier alpha value is -4.47. The first-order chi connectivity index (χ1) is 18.4. The summed E-state index contributed by atoms with van der Waals surface area (Å²) in [5, 5.41) is 8.42. The maximum atomic E-state index is 13.9.